The first kappa shape index (κ1) is 9.85. The summed E-state index contributed by atoms with van der Waals surface area (Å²) in [6.45, 7) is 4.77. The molecule has 0 spiro atoms. The molecule has 0 amide bonds. The average Bonchev–Trinajstić information content (AvgIpc) is 2.17. The lowest BCUT2D eigenvalue weighted by molar-refractivity contribution is 0.199. The van der Waals surface area contributed by atoms with E-state index in [1.807, 2.05) is 25.1 Å². The highest BCUT2D eigenvalue weighted by atomic mass is 16.5. The standard InChI is InChI=1S/C12H16O/c1-3-7-11(2)13-10-12-8-5-4-6-9-12/h4-9H,3,10H2,1-2H3/b11-7-. The Morgan fingerprint density at radius 3 is 2.62 bits per heavy atom. The van der Waals surface area contributed by atoms with Crippen LogP contribution < -0.4 is 0 Å². The second-order valence-electron chi connectivity index (χ2n) is 3.00. The van der Waals surface area contributed by atoms with Crippen molar-refractivity contribution in [2.45, 2.75) is 26.9 Å². The lowest BCUT2D eigenvalue weighted by Gasteiger charge is -2.05. The molecule has 0 aliphatic rings. The highest BCUT2D eigenvalue weighted by Crippen LogP contribution is 2.05. The van der Waals surface area contributed by atoms with Gasteiger partial charge in [-0.3, -0.25) is 0 Å². The molecule has 0 radical (unpaired) electrons. The van der Waals surface area contributed by atoms with E-state index in [4.69, 9.17) is 4.74 Å². The van der Waals surface area contributed by atoms with Crippen molar-refractivity contribution in [2.75, 3.05) is 0 Å². The maximum atomic E-state index is 5.53. The summed E-state index contributed by atoms with van der Waals surface area (Å²) in [5.41, 5.74) is 1.21. The molecule has 0 fully saturated rings. The van der Waals surface area contributed by atoms with Crippen molar-refractivity contribution >= 4 is 0 Å². The van der Waals surface area contributed by atoms with Crippen LogP contribution in [0.3, 0.4) is 0 Å². The number of hydrogen-bond acceptors (Lipinski definition) is 1. The van der Waals surface area contributed by atoms with Crippen LogP contribution in [0, 0.1) is 0 Å². The van der Waals surface area contributed by atoms with Gasteiger partial charge in [0.25, 0.3) is 0 Å². The molecule has 0 saturated heterocycles. The number of benzene rings is 1. The lowest BCUT2D eigenvalue weighted by Crippen LogP contribution is -1.89. The van der Waals surface area contributed by atoms with Gasteiger partial charge >= 0.3 is 0 Å². The molecule has 0 aliphatic heterocycles. The molecule has 1 aromatic carbocycles. The topological polar surface area (TPSA) is 9.23 Å². The van der Waals surface area contributed by atoms with Crippen LogP contribution in [-0.4, -0.2) is 0 Å². The van der Waals surface area contributed by atoms with Crippen LogP contribution in [0.5, 0.6) is 0 Å². The Balaban J connectivity index is 2.39. The predicted octanol–water partition coefficient (Wildman–Crippen LogP) is 3.52. The molecule has 0 bridgehead atoms. The first-order valence-electron chi connectivity index (χ1n) is 4.66. The fourth-order valence-electron chi connectivity index (χ4n) is 1.12. The Kier molecular flexibility index (Phi) is 4.10. The van der Waals surface area contributed by atoms with E-state index in [0.717, 1.165) is 12.2 Å². The molecular formula is C12H16O. The average molecular weight is 176 g/mol. The van der Waals surface area contributed by atoms with Crippen LogP contribution in [0.1, 0.15) is 25.8 Å². The van der Waals surface area contributed by atoms with E-state index < -0.39 is 0 Å². The van der Waals surface area contributed by atoms with Gasteiger partial charge in [-0.25, -0.2) is 0 Å². The first-order chi connectivity index (χ1) is 6.33. The molecule has 1 rings (SSSR count). The molecule has 1 heteroatoms. The number of rotatable bonds is 4. The Hall–Kier alpha value is -1.24. The number of hydrogen-bond donors (Lipinski definition) is 0. The number of allylic oxidation sites excluding steroid dienone is 2. The Bertz CT molecular complexity index is 262. The molecule has 0 aliphatic carbocycles. The van der Waals surface area contributed by atoms with E-state index in [-0.39, 0.29) is 0 Å². The predicted molar refractivity (Wildman–Crippen MR) is 55.3 cm³/mol. The summed E-state index contributed by atoms with van der Waals surface area (Å²) >= 11 is 0. The van der Waals surface area contributed by atoms with Crippen LogP contribution in [0.4, 0.5) is 0 Å². The number of ether oxygens (including phenoxy) is 1. The summed E-state index contributed by atoms with van der Waals surface area (Å²) in [4.78, 5) is 0. The second kappa shape index (κ2) is 5.41. The largest absolute Gasteiger partial charge is 0.494 e. The third-order valence-corrected chi connectivity index (χ3v) is 1.80. The molecule has 0 N–H and O–H groups in total. The fraction of sp³-hybridized carbons (Fsp3) is 0.333. The molecule has 0 atom stereocenters. The van der Waals surface area contributed by atoms with Crippen LogP contribution in [0.2, 0.25) is 0 Å². The smallest absolute Gasteiger partial charge is 0.113 e. The second-order valence-corrected chi connectivity index (χ2v) is 3.00. The van der Waals surface area contributed by atoms with Gasteiger partial charge in [-0.2, -0.15) is 0 Å². The maximum absolute atomic E-state index is 5.53. The highest BCUT2D eigenvalue weighted by Gasteiger charge is 1.91. The van der Waals surface area contributed by atoms with E-state index in [2.05, 4.69) is 25.1 Å². The molecule has 13 heavy (non-hydrogen) atoms. The minimum absolute atomic E-state index is 0.670. The van der Waals surface area contributed by atoms with Gasteiger partial charge in [-0.1, -0.05) is 37.3 Å². The van der Waals surface area contributed by atoms with Gasteiger partial charge in [0.05, 0.1) is 5.76 Å². The molecule has 1 aromatic rings. The molecule has 1 nitrogen and oxygen atoms in total. The van der Waals surface area contributed by atoms with Gasteiger partial charge in [0.15, 0.2) is 0 Å². The quantitative estimate of drug-likeness (QED) is 0.638. The zero-order valence-electron chi connectivity index (χ0n) is 8.29. The van der Waals surface area contributed by atoms with Crippen molar-refractivity contribution in [3.8, 4) is 0 Å². The molecular weight excluding hydrogens is 160 g/mol. The summed E-state index contributed by atoms with van der Waals surface area (Å²) < 4.78 is 5.53. The maximum Gasteiger partial charge on any atom is 0.113 e. The van der Waals surface area contributed by atoms with Gasteiger partial charge in [0.1, 0.15) is 6.61 Å². The first-order valence-corrected chi connectivity index (χ1v) is 4.66. The Morgan fingerprint density at radius 2 is 2.00 bits per heavy atom. The zero-order valence-corrected chi connectivity index (χ0v) is 8.29. The van der Waals surface area contributed by atoms with Crippen LogP contribution in [0.15, 0.2) is 42.2 Å². The van der Waals surface area contributed by atoms with Crippen molar-refractivity contribution in [1.29, 1.82) is 0 Å². The molecule has 0 unspecified atom stereocenters. The van der Waals surface area contributed by atoms with E-state index >= 15 is 0 Å². The van der Waals surface area contributed by atoms with E-state index in [9.17, 15) is 0 Å². The molecule has 0 aromatic heterocycles. The van der Waals surface area contributed by atoms with Gasteiger partial charge in [-0.05, 0) is 25.0 Å². The summed E-state index contributed by atoms with van der Waals surface area (Å²) in [5.74, 6) is 1.01. The van der Waals surface area contributed by atoms with Crippen molar-refractivity contribution in [1.82, 2.24) is 0 Å². The third-order valence-electron chi connectivity index (χ3n) is 1.80. The lowest BCUT2D eigenvalue weighted by atomic mass is 10.2. The molecule has 0 heterocycles. The van der Waals surface area contributed by atoms with E-state index in [1.165, 1.54) is 5.56 Å². The summed E-state index contributed by atoms with van der Waals surface area (Å²) in [7, 11) is 0. The van der Waals surface area contributed by atoms with E-state index in [0.29, 0.717) is 6.61 Å². The minimum Gasteiger partial charge on any atom is -0.494 e. The normalized spacial score (nSPS) is 11.4. The minimum atomic E-state index is 0.670. The van der Waals surface area contributed by atoms with Crippen molar-refractivity contribution < 1.29 is 4.74 Å². The molecule has 0 saturated carbocycles. The van der Waals surface area contributed by atoms with Crippen molar-refractivity contribution in [3.05, 3.63) is 47.7 Å². The summed E-state index contributed by atoms with van der Waals surface area (Å²) in [6.07, 6.45) is 3.11. The van der Waals surface area contributed by atoms with Crippen molar-refractivity contribution in [3.63, 3.8) is 0 Å². The summed E-state index contributed by atoms with van der Waals surface area (Å²) in [5, 5.41) is 0. The van der Waals surface area contributed by atoms with Gasteiger partial charge < -0.3 is 4.74 Å². The van der Waals surface area contributed by atoms with Crippen LogP contribution in [0.25, 0.3) is 0 Å². The Labute approximate surface area is 80.0 Å². The van der Waals surface area contributed by atoms with Crippen LogP contribution >= 0.6 is 0 Å². The summed E-state index contributed by atoms with van der Waals surface area (Å²) in [6, 6.07) is 10.2. The van der Waals surface area contributed by atoms with Gasteiger partial charge in [-0.15, -0.1) is 0 Å². The molecule has 70 valence electrons. The van der Waals surface area contributed by atoms with Crippen molar-refractivity contribution in [2.24, 2.45) is 0 Å². The SMILES string of the molecule is CC/C=C(/C)OCc1ccccc1. The third kappa shape index (κ3) is 3.79. The van der Waals surface area contributed by atoms with Gasteiger partial charge in [0, 0.05) is 0 Å². The fourth-order valence-corrected chi connectivity index (χ4v) is 1.12. The van der Waals surface area contributed by atoms with Gasteiger partial charge in [0.2, 0.25) is 0 Å². The highest BCUT2D eigenvalue weighted by molar-refractivity contribution is 5.13. The van der Waals surface area contributed by atoms with E-state index in [1.54, 1.807) is 0 Å². The monoisotopic (exact) mass is 176 g/mol. The van der Waals surface area contributed by atoms with Crippen LogP contribution in [-0.2, 0) is 11.3 Å². The zero-order chi connectivity index (χ0) is 9.52. The Morgan fingerprint density at radius 1 is 1.31 bits per heavy atom.